The van der Waals surface area contributed by atoms with E-state index in [1.54, 1.807) is 0 Å². The van der Waals surface area contributed by atoms with Gasteiger partial charge in [0.1, 0.15) is 0 Å². The number of nitrogens with zero attached hydrogens (tertiary/aromatic N) is 1. The minimum atomic E-state index is -0.493. The smallest absolute Gasteiger partial charge is 0.324 e. The molecular formula is C18H14N2O3S. The summed E-state index contributed by atoms with van der Waals surface area (Å²) in [5, 5.41) is 13.7. The molecule has 5 nitrogen and oxygen atoms in total. The third-order valence-corrected chi connectivity index (χ3v) is 4.57. The van der Waals surface area contributed by atoms with E-state index in [0.717, 1.165) is 22.5 Å². The van der Waals surface area contributed by atoms with E-state index in [1.165, 1.54) is 12.1 Å². The summed E-state index contributed by atoms with van der Waals surface area (Å²) in [6.07, 6.45) is 0. The van der Waals surface area contributed by atoms with Crippen LogP contribution >= 0.6 is 11.3 Å². The molecule has 1 amide bonds. The van der Waals surface area contributed by atoms with Gasteiger partial charge in [-0.15, -0.1) is 0 Å². The summed E-state index contributed by atoms with van der Waals surface area (Å²) >= 11 is 0.870. The highest BCUT2D eigenvalue weighted by atomic mass is 32.1. The Labute approximate surface area is 142 Å². The van der Waals surface area contributed by atoms with Gasteiger partial charge < -0.3 is 5.32 Å². The second-order valence-corrected chi connectivity index (χ2v) is 6.19. The van der Waals surface area contributed by atoms with Gasteiger partial charge in [-0.25, -0.2) is 0 Å². The van der Waals surface area contributed by atoms with Gasteiger partial charge >= 0.3 is 5.00 Å². The number of nitro groups is 1. The molecule has 2 aromatic carbocycles. The molecule has 0 saturated heterocycles. The fraction of sp³-hybridized carbons (Fsp3) is 0.0556. The van der Waals surface area contributed by atoms with Crippen molar-refractivity contribution < 1.29 is 9.72 Å². The SMILES string of the molecule is O=C(NC(c1ccccc1)c1ccccc1)c1ccc([N+](=O)[O-])s1. The highest BCUT2D eigenvalue weighted by Gasteiger charge is 2.20. The van der Waals surface area contributed by atoms with Crippen molar-refractivity contribution in [1.82, 2.24) is 5.32 Å². The summed E-state index contributed by atoms with van der Waals surface area (Å²) in [5.74, 6) is -0.328. The Kier molecular flexibility index (Phi) is 4.67. The normalized spacial score (nSPS) is 10.5. The number of carbonyl (C=O) groups excluding carboxylic acids is 1. The molecule has 3 aromatic rings. The van der Waals surface area contributed by atoms with Gasteiger partial charge in [0.05, 0.1) is 15.8 Å². The van der Waals surface area contributed by atoms with Crippen molar-refractivity contribution in [2.45, 2.75) is 6.04 Å². The molecule has 1 heterocycles. The maximum atomic E-state index is 12.5. The quantitative estimate of drug-likeness (QED) is 0.560. The van der Waals surface area contributed by atoms with Crippen LogP contribution in [0.3, 0.4) is 0 Å². The number of rotatable bonds is 5. The van der Waals surface area contributed by atoms with Crippen molar-refractivity contribution in [1.29, 1.82) is 0 Å². The van der Waals surface area contributed by atoms with Crippen LogP contribution in [-0.4, -0.2) is 10.8 Å². The maximum absolute atomic E-state index is 12.5. The lowest BCUT2D eigenvalue weighted by Gasteiger charge is -2.19. The van der Waals surface area contributed by atoms with Crippen LogP contribution in [0.5, 0.6) is 0 Å². The molecule has 0 saturated carbocycles. The molecular weight excluding hydrogens is 324 g/mol. The Bertz CT molecular complexity index is 807. The second kappa shape index (κ2) is 7.06. The first-order chi connectivity index (χ1) is 11.6. The van der Waals surface area contributed by atoms with Gasteiger partial charge in [-0.05, 0) is 17.2 Å². The van der Waals surface area contributed by atoms with Gasteiger partial charge in [-0.2, -0.15) is 0 Å². The summed E-state index contributed by atoms with van der Waals surface area (Å²) < 4.78 is 0. The summed E-state index contributed by atoms with van der Waals surface area (Å²) in [7, 11) is 0. The van der Waals surface area contributed by atoms with E-state index >= 15 is 0 Å². The average Bonchev–Trinajstić information content (AvgIpc) is 3.11. The van der Waals surface area contributed by atoms with Crippen molar-refractivity contribution in [3.63, 3.8) is 0 Å². The molecule has 0 radical (unpaired) electrons. The highest BCUT2D eigenvalue weighted by Crippen LogP contribution is 2.26. The van der Waals surface area contributed by atoms with Crippen LogP contribution in [0.1, 0.15) is 26.8 Å². The average molecular weight is 338 g/mol. The molecule has 0 spiro atoms. The Morgan fingerprint density at radius 2 is 1.46 bits per heavy atom. The summed E-state index contributed by atoms with van der Waals surface area (Å²) in [5.41, 5.74) is 1.89. The van der Waals surface area contributed by atoms with Crippen LogP contribution in [0.2, 0.25) is 0 Å². The van der Waals surface area contributed by atoms with Crippen LogP contribution in [0.15, 0.2) is 72.8 Å². The number of thiophene rings is 1. The Hall–Kier alpha value is -2.99. The standard InChI is InChI=1S/C18H14N2O3S/c21-18(15-11-12-16(24-15)20(22)23)19-17(13-7-3-1-4-8-13)14-9-5-2-6-10-14/h1-12,17H,(H,19,21). The molecule has 0 aliphatic carbocycles. The number of carbonyl (C=O) groups is 1. The van der Waals surface area contributed by atoms with Crippen molar-refractivity contribution in [2.75, 3.05) is 0 Å². The van der Waals surface area contributed by atoms with E-state index in [2.05, 4.69) is 5.32 Å². The minimum Gasteiger partial charge on any atom is -0.340 e. The van der Waals surface area contributed by atoms with Gasteiger partial charge in [-0.3, -0.25) is 14.9 Å². The largest absolute Gasteiger partial charge is 0.340 e. The monoisotopic (exact) mass is 338 g/mol. The lowest BCUT2D eigenvalue weighted by atomic mass is 9.98. The molecule has 0 aliphatic rings. The van der Waals surface area contributed by atoms with E-state index in [9.17, 15) is 14.9 Å². The first kappa shape index (κ1) is 15.9. The Morgan fingerprint density at radius 1 is 0.917 bits per heavy atom. The van der Waals surface area contributed by atoms with Crippen LogP contribution < -0.4 is 5.32 Å². The zero-order valence-electron chi connectivity index (χ0n) is 12.6. The van der Waals surface area contributed by atoms with Crippen molar-refractivity contribution in [3.05, 3.63) is 98.9 Å². The molecule has 0 atom stereocenters. The number of nitrogens with one attached hydrogen (secondary N) is 1. The van der Waals surface area contributed by atoms with E-state index in [-0.39, 0.29) is 17.0 Å². The number of hydrogen-bond donors (Lipinski definition) is 1. The van der Waals surface area contributed by atoms with Crippen molar-refractivity contribution >= 4 is 22.2 Å². The third-order valence-electron chi connectivity index (χ3n) is 3.54. The first-order valence-electron chi connectivity index (χ1n) is 7.30. The molecule has 0 aliphatic heterocycles. The number of amides is 1. The number of hydrogen-bond acceptors (Lipinski definition) is 4. The molecule has 0 bridgehead atoms. The lowest BCUT2D eigenvalue weighted by Crippen LogP contribution is -2.28. The highest BCUT2D eigenvalue weighted by molar-refractivity contribution is 7.17. The molecule has 0 unspecified atom stereocenters. The molecule has 24 heavy (non-hydrogen) atoms. The van der Waals surface area contributed by atoms with E-state index < -0.39 is 4.92 Å². The summed E-state index contributed by atoms with van der Waals surface area (Å²) in [4.78, 5) is 23.1. The zero-order valence-corrected chi connectivity index (χ0v) is 13.4. The van der Waals surface area contributed by atoms with Gasteiger partial charge in [-0.1, -0.05) is 72.0 Å². The maximum Gasteiger partial charge on any atom is 0.324 e. The van der Waals surface area contributed by atoms with Gasteiger partial charge in [0, 0.05) is 6.07 Å². The second-order valence-electron chi connectivity index (χ2n) is 5.12. The Balaban J connectivity index is 1.89. The van der Waals surface area contributed by atoms with Gasteiger partial charge in [0.25, 0.3) is 5.91 Å². The molecule has 1 aromatic heterocycles. The fourth-order valence-corrected chi connectivity index (χ4v) is 3.12. The van der Waals surface area contributed by atoms with Crippen LogP contribution in [-0.2, 0) is 0 Å². The molecule has 1 N–H and O–H groups in total. The van der Waals surface area contributed by atoms with E-state index in [1.807, 2.05) is 60.7 Å². The van der Waals surface area contributed by atoms with Crippen LogP contribution in [0.25, 0.3) is 0 Å². The molecule has 6 heteroatoms. The summed E-state index contributed by atoms with van der Waals surface area (Å²) in [6, 6.07) is 21.7. The zero-order chi connectivity index (χ0) is 16.9. The Morgan fingerprint density at radius 3 is 1.92 bits per heavy atom. The van der Waals surface area contributed by atoms with Crippen LogP contribution in [0, 0.1) is 10.1 Å². The third kappa shape index (κ3) is 3.49. The van der Waals surface area contributed by atoms with Crippen LogP contribution in [0.4, 0.5) is 5.00 Å². The van der Waals surface area contributed by atoms with Gasteiger partial charge in [0.2, 0.25) is 0 Å². The first-order valence-corrected chi connectivity index (χ1v) is 8.12. The van der Waals surface area contributed by atoms with E-state index in [4.69, 9.17) is 0 Å². The molecule has 3 rings (SSSR count). The summed E-state index contributed by atoms with van der Waals surface area (Å²) in [6.45, 7) is 0. The van der Waals surface area contributed by atoms with Crippen molar-refractivity contribution in [2.24, 2.45) is 0 Å². The number of benzene rings is 2. The topological polar surface area (TPSA) is 72.2 Å². The van der Waals surface area contributed by atoms with Crippen molar-refractivity contribution in [3.8, 4) is 0 Å². The molecule has 120 valence electrons. The van der Waals surface area contributed by atoms with Gasteiger partial charge in [0.15, 0.2) is 0 Å². The fourth-order valence-electron chi connectivity index (χ4n) is 2.40. The lowest BCUT2D eigenvalue weighted by molar-refractivity contribution is -0.380. The predicted molar refractivity (Wildman–Crippen MR) is 93.2 cm³/mol. The molecule has 0 fully saturated rings. The predicted octanol–water partition coefficient (Wildman–Crippen LogP) is 4.18. The minimum absolute atomic E-state index is 0.0453. The van der Waals surface area contributed by atoms with E-state index in [0.29, 0.717) is 4.88 Å².